The third kappa shape index (κ3) is 3.35. The first-order valence-corrected chi connectivity index (χ1v) is 7.39. The fourth-order valence-corrected chi connectivity index (χ4v) is 2.32. The van der Waals surface area contributed by atoms with E-state index in [0.717, 1.165) is 16.8 Å². The second-order valence-corrected chi connectivity index (χ2v) is 5.57. The molecule has 1 aromatic heterocycles. The number of nitrogens with zero attached hydrogens (tertiary/aromatic N) is 1. The van der Waals surface area contributed by atoms with Gasteiger partial charge in [0.05, 0.1) is 5.69 Å². The van der Waals surface area contributed by atoms with Crippen molar-refractivity contribution in [3.63, 3.8) is 0 Å². The first-order valence-electron chi connectivity index (χ1n) is 7.02. The highest BCUT2D eigenvalue weighted by Crippen LogP contribution is 2.21. The molecule has 0 aliphatic carbocycles. The standard InChI is InChI=1S/C17H15ClN4O/c1-10-8-12(4-7-14(10)18)16(23)21-13-5-2-11(3-6-13)15-9-20-17(19)22-15/h2-9H,1H3,(H,21,23)(H3,19,20,22). The number of carbonyl (C=O) groups excluding carboxylic acids is 1. The summed E-state index contributed by atoms with van der Waals surface area (Å²) in [7, 11) is 0. The summed E-state index contributed by atoms with van der Waals surface area (Å²) >= 11 is 5.97. The molecule has 3 aromatic rings. The van der Waals surface area contributed by atoms with Gasteiger partial charge in [-0.25, -0.2) is 4.98 Å². The van der Waals surface area contributed by atoms with Gasteiger partial charge in [0.15, 0.2) is 5.95 Å². The minimum Gasteiger partial charge on any atom is -0.369 e. The molecule has 1 amide bonds. The average molecular weight is 327 g/mol. The summed E-state index contributed by atoms with van der Waals surface area (Å²) in [5.41, 5.74) is 9.37. The van der Waals surface area contributed by atoms with Crippen molar-refractivity contribution in [3.8, 4) is 11.3 Å². The van der Waals surface area contributed by atoms with Crippen molar-refractivity contribution in [2.24, 2.45) is 0 Å². The number of hydrogen-bond donors (Lipinski definition) is 3. The number of aromatic amines is 1. The minimum absolute atomic E-state index is 0.179. The van der Waals surface area contributed by atoms with Crippen LogP contribution in [0.5, 0.6) is 0 Å². The van der Waals surface area contributed by atoms with Gasteiger partial charge in [0, 0.05) is 28.0 Å². The smallest absolute Gasteiger partial charge is 0.255 e. The van der Waals surface area contributed by atoms with Gasteiger partial charge in [0.1, 0.15) is 0 Å². The van der Waals surface area contributed by atoms with Crippen molar-refractivity contribution in [2.45, 2.75) is 6.92 Å². The number of hydrogen-bond acceptors (Lipinski definition) is 3. The van der Waals surface area contributed by atoms with Crippen LogP contribution in [0.15, 0.2) is 48.7 Å². The Morgan fingerprint density at radius 3 is 2.57 bits per heavy atom. The number of benzene rings is 2. The molecule has 1 heterocycles. The van der Waals surface area contributed by atoms with E-state index in [-0.39, 0.29) is 5.91 Å². The number of amides is 1. The molecule has 0 bridgehead atoms. The number of aromatic nitrogens is 2. The summed E-state index contributed by atoms with van der Waals surface area (Å²) in [6, 6.07) is 12.6. The summed E-state index contributed by atoms with van der Waals surface area (Å²) in [5, 5.41) is 3.50. The molecule has 0 spiro atoms. The SMILES string of the molecule is Cc1cc(C(=O)Nc2ccc(-c3c[nH]c(N)n3)cc2)ccc1Cl. The summed E-state index contributed by atoms with van der Waals surface area (Å²) in [5.74, 6) is 0.192. The lowest BCUT2D eigenvalue weighted by atomic mass is 10.1. The van der Waals surface area contributed by atoms with Crippen LogP contribution in [0.3, 0.4) is 0 Å². The van der Waals surface area contributed by atoms with Crippen LogP contribution in [0.1, 0.15) is 15.9 Å². The molecule has 3 rings (SSSR count). The molecule has 0 aliphatic heterocycles. The highest BCUT2D eigenvalue weighted by Gasteiger charge is 2.08. The molecular formula is C17H15ClN4O. The number of nitrogens with two attached hydrogens (primary N) is 1. The number of rotatable bonds is 3. The van der Waals surface area contributed by atoms with Crippen molar-refractivity contribution < 1.29 is 4.79 Å². The lowest BCUT2D eigenvalue weighted by Crippen LogP contribution is -2.11. The van der Waals surface area contributed by atoms with E-state index >= 15 is 0 Å². The summed E-state index contributed by atoms with van der Waals surface area (Å²) in [4.78, 5) is 19.2. The second kappa shape index (κ2) is 6.14. The molecule has 6 heteroatoms. The molecule has 0 atom stereocenters. The monoisotopic (exact) mass is 326 g/mol. The van der Waals surface area contributed by atoms with Crippen LogP contribution in [-0.2, 0) is 0 Å². The summed E-state index contributed by atoms with van der Waals surface area (Å²) in [6.07, 6.45) is 1.74. The molecule has 2 aromatic carbocycles. The third-order valence-corrected chi connectivity index (χ3v) is 3.88. The van der Waals surface area contributed by atoms with Crippen molar-refractivity contribution in [1.29, 1.82) is 0 Å². The second-order valence-electron chi connectivity index (χ2n) is 5.17. The van der Waals surface area contributed by atoms with E-state index in [9.17, 15) is 4.79 Å². The Hall–Kier alpha value is -2.79. The molecular weight excluding hydrogens is 312 g/mol. The third-order valence-electron chi connectivity index (χ3n) is 3.46. The zero-order valence-electron chi connectivity index (χ0n) is 12.4. The Morgan fingerprint density at radius 2 is 1.96 bits per heavy atom. The Labute approximate surface area is 138 Å². The zero-order chi connectivity index (χ0) is 16.4. The molecule has 0 unspecified atom stereocenters. The van der Waals surface area contributed by atoms with E-state index in [1.807, 2.05) is 31.2 Å². The number of anilines is 2. The number of imidazole rings is 1. The van der Waals surface area contributed by atoms with Crippen LogP contribution in [0.4, 0.5) is 11.6 Å². The maximum absolute atomic E-state index is 12.2. The fourth-order valence-electron chi connectivity index (χ4n) is 2.20. The molecule has 0 aliphatic rings. The normalized spacial score (nSPS) is 10.5. The highest BCUT2D eigenvalue weighted by molar-refractivity contribution is 6.31. The first-order chi connectivity index (χ1) is 11.0. The Morgan fingerprint density at radius 1 is 1.22 bits per heavy atom. The number of H-pyrrole nitrogens is 1. The van der Waals surface area contributed by atoms with Crippen LogP contribution in [0, 0.1) is 6.92 Å². The molecule has 5 nitrogen and oxygen atoms in total. The fraction of sp³-hybridized carbons (Fsp3) is 0.0588. The van der Waals surface area contributed by atoms with Gasteiger partial charge >= 0.3 is 0 Å². The Kier molecular flexibility index (Phi) is 4.04. The summed E-state index contributed by atoms with van der Waals surface area (Å²) in [6.45, 7) is 1.86. The molecule has 0 saturated carbocycles. The zero-order valence-corrected chi connectivity index (χ0v) is 13.2. The lowest BCUT2D eigenvalue weighted by molar-refractivity contribution is 0.102. The van der Waals surface area contributed by atoms with Crippen LogP contribution >= 0.6 is 11.6 Å². The van der Waals surface area contributed by atoms with Crippen molar-refractivity contribution in [3.05, 3.63) is 64.8 Å². The Bertz CT molecular complexity index is 855. The highest BCUT2D eigenvalue weighted by atomic mass is 35.5. The maximum atomic E-state index is 12.2. The van der Waals surface area contributed by atoms with Crippen LogP contribution in [0.25, 0.3) is 11.3 Å². The largest absolute Gasteiger partial charge is 0.369 e. The van der Waals surface area contributed by atoms with E-state index in [1.54, 1.807) is 24.4 Å². The molecule has 0 fully saturated rings. The van der Waals surface area contributed by atoms with Gasteiger partial charge in [-0.3, -0.25) is 4.79 Å². The first kappa shape index (κ1) is 15.1. The molecule has 4 N–H and O–H groups in total. The number of nitrogens with one attached hydrogen (secondary N) is 2. The van der Waals surface area contributed by atoms with Gasteiger partial charge in [-0.05, 0) is 42.8 Å². The lowest BCUT2D eigenvalue weighted by Gasteiger charge is -2.07. The quantitative estimate of drug-likeness (QED) is 0.683. The van der Waals surface area contributed by atoms with Gasteiger partial charge in [-0.15, -0.1) is 0 Å². The van der Waals surface area contributed by atoms with E-state index in [0.29, 0.717) is 22.2 Å². The molecule has 116 valence electrons. The van der Waals surface area contributed by atoms with Gasteiger partial charge in [-0.2, -0.15) is 0 Å². The van der Waals surface area contributed by atoms with Gasteiger partial charge in [0.25, 0.3) is 5.91 Å². The van der Waals surface area contributed by atoms with Crippen molar-refractivity contribution >= 4 is 29.1 Å². The predicted molar refractivity (Wildman–Crippen MR) is 92.6 cm³/mol. The predicted octanol–water partition coefficient (Wildman–Crippen LogP) is 3.87. The van der Waals surface area contributed by atoms with E-state index in [4.69, 9.17) is 17.3 Å². The number of nitrogen functional groups attached to an aromatic ring is 1. The maximum Gasteiger partial charge on any atom is 0.255 e. The van der Waals surface area contributed by atoms with Crippen molar-refractivity contribution in [2.75, 3.05) is 11.1 Å². The van der Waals surface area contributed by atoms with Gasteiger partial charge in [0.2, 0.25) is 0 Å². The number of aryl methyl sites for hydroxylation is 1. The molecule has 0 saturated heterocycles. The number of carbonyl (C=O) groups is 1. The van der Waals surface area contributed by atoms with E-state index in [2.05, 4.69) is 15.3 Å². The number of halogens is 1. The van der Waals surface area contributed by atoms with Gasteiger partial charge < -0.3 is 16.0 Å². The van der Waals surface area contributed by atoms with Crippen LogP contribution in [-0.4, -0.2) is 15.9 Å². The van der Waals surface area contributed by atoms with Crippen molar-refractivity contribution in [1.82, 2.24) is 9.97 Å². The minimum atomic E-state index is -0.179. The molecule has 23 heavy (non-hydrogen) atoms. The summed E-state index contributed by atoms with van der Waals surface area (Å²) < 4.78 is 0. The van der Waals surface area contributed by atoms with Gasteiger partial charge in [-0.1, -0.05) is 23.7 Å². The van der Waals surface area contributed by atoms with E-state index < -0.39 is 0 Å². The van der Waals surface area contributed by atoms with Crippen LogP contribution in [0.2, 0.25) is 5.02 Å². The van der Waals surface area contributed by atoms with E-state index in [1.165, 1.54) is 0 Å². The van der Waals surface area contributed by atoms with Crippen LogP contribution < -0.4 is 11.1 Å². The average Bonchev–Trinajstić information content (AvgIpc) is 2.97. The topological polar surface area (TPSA) is 83.8 Å². The Balaban J connectivity index is 1.75. The molecule has 0 radical (unpaired) electrons.